The summed E-state index contributed by atoms with van der Waals surface area (Å²) in [7, 11) is 1.60. The van der Waals surface area contributed by atoms with Crippen molar-refractivity contribution in [3.05, 3.63) is 58.9 Å². The number of anilines is 1. The Morgan fingerprint density at radius 3 is 2.52 bits per heavy atom. The zero-order chi connectivity index (χ0) is 16.8. The largest absolute Gasteiger partial charge is 0.497 e. The highest BCUT2D eigenvalue weighted by Crippen LogP contribution is 2.18. The van der Waals surface area contributed by atoms with Gasteiger partial charge in [0, 0.05) is 11.3 Å². The van der Waals surface area contributed by atoms with Gasteiger partial charge in [0.25, 0.3) is 0 Å². The van der Waals surface area contributed by atoms with E-state index >= 15 is 0 Å². The smallest absolute Gasteiger partial charge is 0.191 e. The van der Waals surface area contributed by atoms with Crippen LogP contribution in [0.1, 0.15) is 12.5 Å². The molecule has 4 nitrogen and oxygen atoms in total. The van der Waals surface area contributed by atoms with Crippen molar-refractivity contribution in [3.63, 3.8) is 0 Å². The molecule has 0 unspecified atom stereocenters. The Bertz CT molecular complexity index is 735. The second kappa shape index (κ2) is 7.89. The zero-order valence-corrected chi connectivity index (χ0v) is 14.1. The molecule has 0 spiro atoms. The lowest BCUT2D eigenvalue weighted by atomic mass is 10.1. The molecular formula is C16H15ClFN3OS. The standard InChI is InChI=1S/C16H15ClFN3OS/c1-10(14-8-3-11(18)9-15(14)17)20-21-16(23)19-12-4-6-13(22-2)7-5-12/h3-9H,1-2H3,(H2,19,21,23)/b20-10-. The molecule has 0 saturated carbocycles. The molecule has 0 aliphatic heterocycles. The number of hydrogen-bond donors (Lipinski definition) is 2. The molecular weight excluding hydrogens is 337 g/mol. The lowest BCUT2D eigenvalue weighted by molar-refractivity contribution is 0.415. The summed E-state index contributed by atoms with van der Waals surface area (Å²) in [6.07, 6.45) is 0. The van der Waals surface area contributed by atoms with Crippen LogP contribution in [0.25, 0.3) is 0 Å². The Balaban J connectivity index is 1.99. The minimum absolute atomic E-state index is 0.294. The van der Waals surface area contributed by atoms with Gasteiger partial charge in [0.2, 0.25) is 0 Å². The lowest BCUT2D eigenvalue weighted by Crippen LogP contribution is -2.25. The molecule has 0 atom stereocenters. The molecule has 0 heterocycles. The van der Waals surface area contributed by atoms with Gasteiger partial charge in [-0.05, 0) is 61.6 Å². The molecule has 0 saturated heterocycles. The first-order chi connectivity index (χ1) is 11.0. The van der Waals surface area contributed by atoms with Gasteiger partial charge in [-0.25, -0.2) is 4.39 Å². The van der Waals surface area contributed by atoms with E-state index < -0.39 is 5.82 Å². The van der Waals surface area contributed by atoms with Crippen molar-refractivity contribution in [1.29, 1.82) is 0 Å². The van der Waals surface area contributed by atoms with Crippen LogP contribution < -0.4 is 15.5 Å². The molecule has 0 bridgehead atoms. The molecule has 2 N–H and O–H groups in total. The quantitative estimate of drug-likeness (QED) is 0.492. The van der Waals surface area contributed by atoms with Crippen molar-refractivity contribution in [2.45, 2.75) is 6.92 Å². The third-order valence-electron chi connectivity index (χ3n) is 2.99. The Hall–Kier alpha value is -2.18. The Morgan fingerprint density at radius 1 is 1.22 bits per heavy atom. The molecule has 2 rings (SSSR count). The minimum atomic E-state index is -0.392. The summed E-state index contributed by atoms with van der Waals surface area (Å²) in [6, 6.07) is 11.4. The number of hydrogen-bond acceptors (Lipinski definition) is 3. The van der Waals surface area contributed by atoms with Crippen molar-refractivity contribution in [2.75, 3.05) is 12.4 Å². The number of halogens is 2. The molecule has 0 amide bonds. The number of hydrazone groups is 1. The normalized spacial score (nSPS) is 11.0. The maximum Gasteiger partial charge on any atom is 0.191 e. The maximum atomic E-state index is 13.0. The molecule has 23 heavy (non-hydrogen) atoms. The summed E-state index contributed by atoms with van der Waals surface area (Å²) >= 11 is 11.2. The van der Waals surface area contributed by atoms with Gasteiger partial charge in [-0.1, -0.05) is 11.6 Å². The fourth-order valence-electron chi connectivity index (χ4n) is 1.81. The molecule has 0 radical (unpaired) electrons. The fourth-order valence-corrected chi connectivity index (χ4v) is 2.28. The van der Waals surface area contributed by atoms with Crippen LogP contribution in [0.4, 0.5) is 10.1 Å². The average molecular weight is 352 g/mol. The second-order valence-corrected chi connectivity index (χ2v) is 5.43. The summed E-state index contributed by atoms with van der Waals surface area (Å²) in [6.45, 7) is 1.75. The molecule has 2 aromatic rings. The molecule has 0 fully saturated rings. The van der Waals surface area contributed by atoms with Gasteiger partial charge in [-0.2, -0.15) is 5.10 Å². The molecule has 0 aliphatic rings. The highest BCUT2D eigenvalue weighted by atomic mass is 35.5. The van der Waals surface area contributed by atoms with E-state index in [-0.39, 0.29) is 0 Å². The third-order valence-corrected chi connectivity index (χ3v) is 3.50. The van der Waals surface area contributed by atoms with E-state index in [1.165, 1.54) is 12.1 Å². The van der Waals surface area contributed by atoms with Crippen LogP contribution in [0, 0.1) is 5.82 Å². The molecule has 7 heteroatoms. The summed E-state index contributed by atoms with van der Waals surface area (Å²) in [4.78, 5) is 0. The van der Waals surface area contributed by atoms with Crippen LogP contribution in [-0.2, 0) is 0 Å². The maximum absolute atomic E-state index is 13.0. The van der Waals surface area contributed by atoms with E-state index in [0.29, 0.717) is 21.4 Å². The molecule has 2 aromatic carbocycles. The first kappa shape index (κ1) is 17.2. The summed E-state index contributed by atoms with van der Waals surface area (Å²) in [5.41, 5.74) is 4.75. The fraction of sp³-hybridized carbons (Fsp3) is 0.125. The highest BCUT2D eigenvalue weighted by Gasteiger charge is 2.05. The van der Waals surface area contributed by atoms with Gasteiger partial charge in [0.1, 0.15) is 11.6 Å². The van der Waals surface area contributed by atoms with Crippen LogP contribution in [0.2, 0.25) is 5.02 Å². The van der Waals surface area contributed by atoms with Gasteiger partial charge in [0.05, 0.1) is 17.8 Å². The first-order valence-electron chi connectivity index (χ1n) is 6.70. The topological polar surface area (TPSA) is 45.6 Å². The number of ether oxygens (including phenoxy) is 1. The van der Waals surface area contributed by atoms with Crippen LogP contribution in [0.5, 0.6) is 5.75 Å². The number of nitrogens with one attached hydrogen (secondary N) is 2. The molecule has 0 aliphatic carbocycles. The lowest BCUT2D eigenvalue weighted by Gasteiger charge is -2.09. The number of thiocarbonyl (C=S) groups is 1. The van der Waals surface area contributed by atoms with Crippen molar-refractivity contribution >= 4 is 40.3 Å². The Kier molecular flexibility index (Phi) is 5.90. The van der Waals surface area contributed by atoms with Gasteiger partial charge in [-0.15, -0.1) is 0 Å². The first-order valence-corrected chi connectivity index (χ1v) is 7.49. The van der Waals surface area contributed by atoms with Crippen LogP contribution in [0.3, 0.4) is 0 Å². The molecule has 120 valence electrons. The van der Waals surface area contributed by atoms with E-state index in [4.69, 9.17) is 28.6 Å². The number of benzene rings is 2. The third kappa shape index (κ3) is 4.91. The SMILES string of the molecule is COc1ccc(NC(=S)N/N=C(/C)c2ccc(F)cc2Cl)cc1. The number of methoxy groups -OCH3 is 1. The Labute approximate surface area is 144 Å². The van der Waals surface area contributed by atoms with E-state index in [9.17, 15) is 4.39 Å². The van der Waals surface area contributed by atoms with Gasteiger partial charge < -0.3 is 10.1 Å². The van der Waals surface area contributed by atoms with E-state index in [2.05, 4.69) is 15.8 Å². The summed E-state index contributed by atoms with van der Waals surface area (Å²) in [5.74, 6) is 0.366. The van der Waals surface area contributed by atoms with Crippen LogP contribution >= 0.6 is 23.8 Å². The van der Waals surface area contributed by atoms with E-state index in [1.54, 1.807) is 20.1 Å². The predicted molar refractivity (Wildman–Crippen MR) is 96.0 cm³/mol. The predicted octanol–water partition coefficient (Wildman–Crippen LogP) is 4.20. The monoisotopic (exact) mass is 351 g/mol. The van der Waals surface area contributed by atoms with Crippen molar-refractivity contribution in [3.8, 4) is 5.75 Å². The van der Waals surface area contributed by atoms with Crippen LogP contribution in [-0.4, -0.2) is 17.9 Å². The van der Waals surface area contributed by atoms with Crippen molar-refractivity contribution in [2.24, 2.45) is 5.10 Å². The number of nitrogens with zero attached hydrogens (tertiary/aromatic N) is 1. The number of rotatable bonds is 4. The van der Waals surface area contributed by atoms with Gasteiger partial charge >= 0.3 is 0 Å². The van der Waals surface area contributed by atoms with E-state index in [1.807, 2.05) is 24.3 Å². The van der Waals surface area contributed by atoms with Gasteiger partial charge in [0.15, 0.2) is 5.11 Å². The summed E-state index contributed by atoms with van der Waals surface area (Å²) in [5, 5.41) is 7.75. The van der Waals surface area contributed by atoms with Gasteiger partial charge in [-0.3, -0.25) is 5.43 Å². The highest BCUT2D eigenvalue weighted by molar-refractivity contribution is 7.80. The van der Waals surface area contributed by atoms with E-state index in [0.717, 1.165) is 11.4 Å². The van der Waals surface area contributed by atoms with Crippen molar-refractivity contribution in [1.82, 2.24) is 5.43 Å². The Morgan fingerprint density at radius 2 is 1.91 bits per heavy atom. The average Bonchev–Trinajstić information content (AvgIpc) is 2.53. The van der Waals surface area contributed by atoms with Crippen molar-refractivity contribution < 1.29 is 9.13 Å². The minimum Gasteiger partial charge on any atom is -0.497 e. The van der Waals surface area contributed by atoms with Crippen LogP contribution in [0.15, 0.2) is 47.6 Å². The second-order valence-electron chi connectivity index (χ2n) is 4.62. The summed E-state index contributed by atoms with van der Waals surface area (Å²) < 4.78 is 18.1. The molecule has 0 aromatic heterocycles. The zero-order valence-electron chi connectivity index (χ0n) is 12.6.